The van der Waals surface area contributed by atoms with Gasteiger partial charge in [-0.2, -0.15) is 0 Å². The first-order chi connectivity index (χ1) is 6.22. The highest BCUT2D eigenvalue weighted by atomic mass is 15.0. The van der Waals surface area contributed by atoms with E-state index in [1.54, 1.807) is 0 Å². The average molecular weight is 175 g/mol. The normalized spacial score (nSPS) is 8.85. The van der Waals surface area contributed by atoms with E-state index in [1.807, 2.05) is 26.8 Å². The number of aryl methyl sites for hydroxylation is 2. The Morgan fingerprint density at radius 1 is 1.38 bits per heavy atom. The van der Waals surface area contributed by atoms with Crippen molar-refractivity contribution in [1.29, 1.82) is 0 Å². The van der Waals surface area contributed by atoms with Gasteiger partial charge in [-0.15, -0.1) is 5.92 Å². The number of rotatable bonds is 2. The number of aromatic nitrogens is 2. The van der Waals surface area contributed by atoms with Crippen molar-refractivity contribution >= 4 is 5.82 Å². The van der Waals surface area contributed by atoms with Gasteiger partial charge in [0.15, 0.2) is 0 Å². The molecule has 1 aromatic rings. The van der Waals surface area contributed by atoms with Crippen LogP contribution in [0.15, 0.2) is 6.07 Å². The lowest BCUT2D eigenvalue weighted by Gasteiger charge is -2.02. The predicted molar refractivity (Wildman–Crippen MR) is 53.4 cm³/mol. The van der Waals surface area contributed by atoms with Crippen molar-refractivity contribution in [3.8, 4) is 11.8 Å². The van der Waals surface area contributed by atoms with Crippen LogP contribution >= 0.6 is 0 Å². The average Bonchev–Trinajstić information content (AvgIpc) is 2.03. The number of hydrogen-bond acceptors (Lipinski definition) is 3. The van der Waals surface area contributed by atoms with Crippen molar-refractivity contribution < 1.29 is 0 Å². The summed E-state index contributed by atoms with van der Waals surface area (Å²) >= 11 is 0. The Bertz CT molecular complexity index is 327. The van der Waals surface area contributed by atoms with Gasteiger partial charge < -0.3 is 5.32 Å². The Morgan fingerprint density at radius 2 is 2.15 bits per heavy atom. The standard InChI is InChI=1S/C10H13N3/c1-4-5-6-11-10-7-8(2)12-9(3)13-10/h7H,6H2,1-3H3,(H,11,12,13). The van der Waals surface area contributed by atoms with E-state index in [2.05, 4.69) is 27.1 Å². The van der Waals surface area contributed by atoms with Crippen LogP contribution in [-0.2, 0) is 0 Å². The molecule has 0 amide bonds. The highest BCUT2D eigenvalue weighted by Gasteiger charge is 1.95. The zero-order chi connectivity index (χ0) is 9.68. The van der Waals surface area contributed by atoms with Gasteiger partial charge in [-0.05, 0) is 20.8 Å². The molecule has 0 atom stereocenters. The molecule has 1 heterocycles. The molecule has 1 rings (SSSR count). The van der Waals surface area contributed by atoms with Crippen molar-refractivity contribution in [3.63, 3.8) is 0 Å². The van der Waals surface area contributed by atoms with Gasteiger partial charge in [0.2, 0.25) is 0 Å². The Morgan fingerprint density at radius 3 is 2.77 bits per heavy atom. The fourth-order valence-corrected chi connectivity index (χ4v) is 1.03. The summed E-state index contributed by atoms with van der Waals surface area (Å²) in [5.74, 6) is 7.35. The largest absolute Gasteiger partial charge is 0.359 e. The van der Waals surface area contributed by atoms with Gasteiger partial charge in [-0.25, -0.2) is 9.97 Å². The first kappa shape index (κ1) is 9.53. The molecular formula is C10H13N3. The van der Waals surface area contributed by atoms with Crippen LogP contribution in [0.3, 0.4) is 0 Å². The molecule has 0 spiro atoms. The molecule has 0 unspecified atom stereocenters. The second-order valence-electron chi connectivity index (χ2n) is 2.72. The first-order valence-corrected chi connectivity index (χ1v) is 4.18. The minimum absolute atomic E-state index is 0.631. The maximum atomic E-state index is 4.22. The SMILES string of the molecule is CC#CCNc1cc(C)nc(C)n1. The van der Waals surface area contributed by atoms with E-state index in [4.69, 9.17) is 0 Å². The Kier molecular flexibility index (Phi) is 3.27. The van der Waals surface area contributed by atoms with Gasteiger partial charge in [-0.1, -0.05) is 5.92 Å². The van der Waals surface area contributed by atoms with Crippen LogP contribution in [0.2, 0.25) is 0 Å². The molecule has 68 valence electrons. The Balaban J connectivity index is 2.69. The fourth-order valence-electron chi connectivity index (χ4n) is 1.03. The molecule has 1 N–H and O–H groups in total. The Hall–Kier alpha value is -1.56. The summed E-state index contributed by atoms with van der Waals surface area (Å²) in [6, 6.07) is 1.91. The summed E-state index contributed by atoms with van der Waals surface area (Å²) < 4.78 is 0. The van der Waals surface area contributed by atoms with E-state index in [0.29, 0.717) is 6.54 Å². The molecule has 0 bridgehead atoms. The third-order valence-electron chi connectivity index (χ3n) is 1.50. The van der Waals surface area contributed by atoms with Crippen LogP contribution in [0.4, 0.5) is 5.82 Å². The third kappa shape index (κ3) is 3.12. The van der Waals surface area contributed by atoms with Gasteiger partial charge in [0, 0.05) is 11.8 Å². The molecule has 0 aliphatic heterocycles. The highest BCUT2D eigenvalue weighted by Crippen LogP contribution is 2.04. The van der Waals surface area contributed by atoms with Crippen LogP contribution < -0.4 is 5.32 Å². The van der Waals surface area contributed by atoms with Crippen LogP contribution in [-0.4, -0.2) is 16.5 Å². The van der Waals surface area contributed by atoms with Gasteiger partial charge in [-0.3, -0.25) is 0 Å². The molecule has 1 aromatic heterocycles. The molecule has 3 heteroatoms. The quantitative estimate of drug-likeness (QED) is 0.693. The molecule has 0 saturated heterocycles. The first-order valence-electron chi connectivity index (χ1n) is 4.18. The zero-order valence-electron chi connectivity index (χ0n) is 8.18. The molecule has 0 radical (unpaired) electrons. The van der Waals surface area contributed by atoms with Crippen LogP contribution in [0.5, 0.6) is 0 Å². The van der Waals surface area contributed by atoms with Gasteiger partial charge >= 0.3 is 0 Å². The fraction of sp³-hybridized carbons (Fsp3) is 0.400. The van der Waals surface area contributed by atoms with Gasteiger partial charge in [0.1, 0.15) is 11.6 Å². The topological polar surface area (TPSA) is 37.8 Å². The summed E-state index contributed by atoms with van der Waals surface area (Å²) in [4.78, 5) is 8.39. The smallest absolute Gasteiger partial charge is 0.130 e. The van der Waals surface area contributed by atoms with E-state index >= 15 is 0 Å². The van der Waals surface area contributed by atoms with Crippen molar-refractivity contribution in [2.24, 2.45) is 0 Å². The lowest BCUT2D eigenvalue weighted by Crippen LogP contribution is -2.03. The lowest BCUT2D eigenvalue weighted by atomic mass is 10.4. The van der Waals surface area contributed by atoms with Crippen molar-refractivity contribution in [1.82, 2.24) is 9.97 Å². The molecule has 0 aromatic carbocycles. The maximum absolute atomic E-state index is 4.22. The third-order valence-corrected chi connectivity index (χ3v) is 1.50. The summed E-state index contributed by atoms with van der Waals surface area (Å²) in [6.45, 7) is 6.28. The summed E-state index contributed by atoms with van der Waals surface area (Å²) in [6.07, 6.45) is 0. The number of hydrogen-bond donors (Lipinski definition) is 1. The van der Waals surface area contributed by atoms with E-state index in [0.717, 1.165) is 17.3 Å². The summed E-state index contributed by atoms with van der Waals surface area (Å²) in [7, 11) is 0. The van der Waals surface area contributed by atoms with Crippen LogP contribution in [0.25, 0.3) is 0 Å². The molecule has 0 saturated carbocycles. The molecule has 0 fully saturated rings. The summed E-state index contributed by atoms with van der Waals surface area (Å²) in [5.41, 5.74) is 0.972. The number of nitrogens with zero attached hydrogens (tertiary/aromatic N) is 2. The molecule has 0 aliphatic carbocycles. The van der Waals surface area contributed by atoms with Crippen LogP contribution in [0, 0.1) is 25.7 Å². The zero-order valence-corrected chi connectivity index (χ0v) is 8.18. The second-order valence-corrected chi connectivity index (χ2v) is 2.72. The lowest BCUT2D eigenvalue weighted by molar-refractivity contribution is 1.01. The molecular weight excluding hydrogens is 162 g/mol. The minimum Gasteiger partial charge on any atom is -0.359 e. The van der Waals surface area contributed by atoms with E-state index in [-0.39, 0.29) is 0 Å². The molecule has 13 heavy (non-hydrogen) atoms. The maximum Gasteiger partial charge on any atom is 0.130 e. The Labute approximate surface area is 78.6 Å². The number of nitrogens with one attached hydrogen (secondary N) is 1. The van der Waals surface area contributed by atoms with Crippen molar-refractivity contribution in [2.45, 2.75) is 20.8 Å². The molecule has 0 aliphatic rings. The van der Waals surface area contributed by atoms with Crippen molar-refractivity contribution in [2.75, 3.05) is 11.9 Å². The van der Waals surface area contributed by atoms with E-state index < -0.39 is 0 Å². The predicted octanol–water partition coefficient (Wildman–Crippen LogP) is 1.53. The molecule has 3 nitrogen and oxygen atoms in total. The minimum atomic E-state index is 0.631. The van der Waals surface area contributed by atoms with Crippen molar-refractivity contribution in [3.05, 3.63) is 17.6 Å². The van der Waals surface area contributed by atoms with Gasteiger partial charge in [0.25, 0.3) is 0 Å². The van der Waals surface area contributed by atoms with Gasteiger partial charge in [0.05, 0.1) is 6.54 Å². The number of anilines is 1. The second kappa shape index (κ2) is 4.46. The highest BCUT2D eigenvalue weighted by molar-refractivity contribution is 5.37. The van der Waals surface area contributed by atoms with E-state index in [9.17, 15) is 0 Å². The van der Waals surface area contributed by atoms with E-state index in [1.165, 1.54) is 0 Å². The monoisotopic (exact) mass is 175 g/mol. The van der Waals surface area contributed by atoms with Crippen LogP contribution in [0.1, 0.15) is 18.4 Å². The summed E-state index contributed by atoms with van der Waals surface area (Å²) in [5, 5.41) is 3.10.